The number of piperidine rings is 1. The SMILES string of the molecule is CN(Cc1cccnc1)c1ccc(C(=O)NCC[C@H]2CCCCN2C)cn1. The van der Waals surface area contributed by atoms with Gasteiger partial charge in [-0.3, -0.25) is 9.78 Å². The predicted molar refractivity (Wildman–Crippen MR) is 108 cm³/mol. The largest absolute Gasteiger partial charge is 0.355 e. The molecule has 1 saturated heterocycles. The van der Waals surface area contributed by atoms with Crippen LogP contribution in [-0.4, -0.2) is 54.0 Å². The van der Waals surface area contributed by atoms with Crippen molar-refractivity contribution < 1.29 is 4.79 Å². The summed E-state index contributed by atoms with van der Waals surface area (Å²) in [5.41, 5.74) is 1.72. The first kappa shape index (κ1) is 19.3. The van der Waals surface area contributed by atoms with Crippen LogP contribution in [0, 0.1) is 0 Å². The van der Waals surface area contributed by atoms with Gasteiger partial charge < -0.3 is 15.1 Å². The number of anilines is 1. The second-order valence-corrected chi connectivity index (χ2v) is 7.30. The molecule has 1 aliphatic rings. The van der Waals surface area contributed by atoms with Crippen molar-refractivity contribution in [2.75, 3.05) is 32.1 Å². The van der Waals surface area contributed by atoms with Crippen molar-refractivity contribution in [1.29, 1.82) is 0 Å². The summed E-state index contributed by atoms with van der Waals surface area (Å²) in [5, 5.41) is 3.03. The van der Waals surface area contributed by atoms with Crippen LogP contribution in [0.5, 0.6) is 0 Å². The van der Waals surface area contributed by atoms with Gasteiger partial charge in [-0.1, -0.05) is 12.5 Å². The van der Waals surface area contributed by atoms with Crippen molar-refractivity contribution in [2.24, 2.45) is 0 Å². The number of nitrogens with zero attached hydrogens (tertiary/aromatic N) is 4. The number of carbonyl (C=O) groups is 1. The van der Waals surface area contributed by atoms with Crippen LogP contribution in [0.2, 0.25) is 0 Å². The summed E-state index contributed by atoms with van der Waals surface area (Å²) in [5.74, 6) is 0.779. The molecular formula is C21H29N5O. The third-order valence-corrected chi connectivity index (χ3v) is 5.23. The standard InChI is InChI=1S/C21H29N5O/c1-25-13-4-3-7-19(25)10-12-23-21(27)18-8-9-20(24-15-18)26(2)16-17-6-5-11-22-14-17/h5-6,8-9,11,14-15,19H,3-4,7,10,12-13,16H2,1-2H3,(H,23,27)/t19-/m1/s1. The van der Waals surface area contributed by atoms with E-state index >= 15 is 0 Å². The van der Waals surface area contributed by atoms with Crippen molar-refractivity contribution >= 4 is 11.7 Å². The van der Waals surface area contributed by atoms with E-state index in [1.54, 1.807) is 12.4 Å². The van der Waals surface area contributed by atoms with Crippen LogP contribution < -0.4 is 10.2 Å². The first-order valence-corrected chi connectivity index (χ1v) is 9.68. The van der Waals surface area contributed by atoms with Gasteiger partial charge in [-0.05, 0) is 56.6 Å². The minimum Gasteiger partial charge on any atom is -0.355 e. The summed E-state index contributed by atoms with van der Waals surface area (Å²) >= 11 is 0. The van der Waals surface area contributed by atoms with Crippen molar-refractivity contribution in [3.63, 3.8) is 0 Å². The maximum Gasteiger partial charge on any atom is 0.252 e. The van der Waals surface area contributed by atoms with E-state index in [0.29, 0.717) is 18.2 Å². The van der Waals surface area contributed by atoms with Crippen molar-refractivity contribution in [3.05, 3.63) is 54.0 Å². The van der Waals surface area contributed by atoms with Crippen LogP contribution in [0.3, 0.4) is 0 Å². The Morgan fingerprint density at radius 1 is 1.30 bits per heavy atom. The van der Waals surface area contributed by atoms with E-state index in [4.69, 9.17) is 0 Å². The molecule has 2 aromatic heterocycles. The van der Waals surface area contributed by atoms with E-state index in [9.17, 15) is 4.79 Å². The van der Waals surface area contributed by atoms with E-state index < -0.39 is 0 Å². The van der Waals surface area contributed by atoms with Crippen LogP contribution >= 0.6 is 0 Å². The Kier molecular flexibility index (Phi) is 6.76. The molecule has 1 N–H and O–H groups in total. The average molecular weight is 367 g/mol. The normalized spacial score (nSPS) is 17.5. The quantitative estimate of drug-likeness (QED) is 0.815. The Morgan fingerprint density at radius 3 is 2.89 bits per heavy atom. The number of pyridine rings is 2. The number of likely N-dealkylation sites (tertiary alicyclic amines) is 1. The number of rotatable bonds is 7. The predicted octanol–water partition coefficient (Wildman–Crippen LogP) is 2.72. The molecule has 6 nitrogen and oxygen atoms in total. The maximum atomic E-state index is 12.4. The van der Waals surface area contributed by atoms with E-state index in [2.05, 4.69) is 27.2 Å². The smallest absolute Gasteiger partial charge is 0.252 e. The fourth-order valence-corrected chi connectivity index (χ4v) is 3.56. The molecular weight excluding hydrogens is 338 g/mol. The van der Waals surface area contributed by atoms with Gasteiger partial charge in [-0.15, -0.1) is 0 Å². The lowest BCUT2D eigenvalue weighted by Crippen LogP contribution is -2.39. The molecule has 0 aromatic carbocycles. The fraction of sp³-hybridized carbons (Fsp3) is 0.476. The summed E-state index contributed by atoms with van der Waals surface area (Å²) in [6.07, 6.45) is 10.1. The van der Waals surface area contributed by atoms with Gasteiger partial charge in [-0.2, -0.15) is 0 Å². The number of amides is 1. The minimum absolute atomic E-state index is 0.0533. The molecule has 0 spiro atoms. The highest BCUT2D eigenvalue weighted by Crippen LogP contribution is 2.17. The van der Waals surface area contributed by atoms with Gasteiger partial charge in [0, 0.05) is 44.8 Å². The number of carbonyl (C=O) groups excluding carboxylic acids is 1. The molecule has 2 aromatic rings. The van der Waals surface area contributed by atoms with Crippen LogP contribution in [0.15, 0.2) is 42.9 Å². The van der Waals surface area contributed by atoms with Crippen molar-refractivity contribution in [3.8, 4) is 0 Å². The average Bonchev–Trinajstić information content (AvgIpc) is 2.70. The zero-order valence-corrected chi connectivity index (χ0v) is 16.3. The van der Waals surface area contributed by atoms with Gasteiger partial charge in [0.2, 0.25) is 0 Å². The lowest BCUT2D eigenvalue weighted by Gasteiger charge is -2.32. The Morgan fingerprint density at radius 2 is 2.19 bits per heavy atom. The highest BCUT2D eigenvalue weighted by molar-refractivity contribution is 5.94. The molecule has 3 rings (SSSR count). The van der Waals surface area contributed by atoms with Gasteiger partial charge in [0.25, 0.3) is 5.91 Å². The molecule has 0 saturated carbocycles. The Balaban J connectivity index is 1.48. The zero-order chi connectivity index (χ0) is 19.1. The third-order valence-electron chi connectivity index (χ3n) is 5.23. The summed E-state index contributed by atoms with van der Waals surface area (Å²) in [6, 6.07) is 8.27. The van der Waals surface area contributed by atoms with Crippen LogP contribution in [0.1, 0.15) is 41.6 Å². The maximum absolute atomic E-state index is 12.4. The molecule has 0 radical (unpaired) electrons. The van der Waals surface area contributed by atoms with Gasteiger partial charge in [0.1, 0.15) is 5.82 Å². The molecule has 0 unspecified atom stereocenters. The third kappa shape index (κ3) is 5.50. The second kappa shape index (κ2) is 9.46. The number of hydrogen-bond donors (Lipinski definition) is 1. The molecule has 1 aliphatic heterocycles. The van der Waals surface area contributed by atoms with Crippen molar-refractivity contribution in [1.82, 2.24) is 20.2 Å². The summed E-state index contributed by atoms with van der Waals surface area (Å²) in [7, 11) is 4.16. The Labute approximate surface area is 161 Å². The lowest BCUT2D eigenvalue weighted by atomic mass is 10.0. The molecule has 6 heteroatoms. The Hall–Kier alpha value is -2.47. The fourth-order valence-electron chi connectivity index (χ4n) is 3.56. The highest BCUT2D eigenvalue weighted by Gasteiger charge is 2.18. The van der Waals surface area contributed by atoms with E-state index in [1.165, 1.54) is 19.3 Å². The number of nitrogens with one attached hydrogen (secondary N) is 1. The highest BCUT2D eigenvalue weighted by atomic mass is 16.1. The van der Waals surface area contributed by atoms with E-state index in [1.807, 2.05) is 42.4 Å². The van der Waals surface area contributed by atoms with Gasteiger partial charge in [0.05, 0.1) is 5.56 Å². The zero-order valence-electron chi connectivity index (χ0n) is 16.3. The molecule has 144 valence electrons. The van der Waals surface area contributed by atoms with Gasteiger partial charge >= 0.3 is 0 Å². The molecule has 1 atom stereocenters. The molecule has 0 bridgehead atoms. The van der Waals surface area contributed by atoms with Crippen LogP contribution in [0.4, 0.5) is 5.82 Å². The second-order valence-electron chi connectivity index (χ2n) is 7.30. The van der Waals surface area contributed by atoms with Crippen LogP contribution in [0.25, 0.3) is 0 Å². The summed E-state index contributed by atoms with van der Waals surface area (Å²) < 4.78 is 0. The Bertz CT molecular complexity index is 719. The monoisotopic (exact) mass is 367 g/mol. The molecule has 0 aliphatic carbocycles. The molecule has 1 amide bonds. The van der Waals surface area contributed by atoms with Gasteiger partial charge in [0.15, 0.2) is 0 Å². The first-order chi connectivity index (χ1) is 13.1. The molecule has 1 fully saturated rings. The topological polar surface area (TPSA) is 61.4 Å². The number of hydrogen-bond acceptors (Lipinski definition) is 5. The molecule has 3 heterocycles. The van der Waals surface area contributed by atoms with Gasteiger partial charge in [-0.25, -0.2) is 4.98 Å². The number of aromatic nitrogens is 2. The summed E-state index contributed by atoms with van der Waals surface area (Å²) in [6.45, 7) is 2.59. The summed E-state index contributed by atoms with van der Waals surface area (Å²) in [4.78, 5) is 25.4. The van der Waals surface area contributed by atoms with Crippen LogP contribution in [-0.2, 0) is 6.54 Å². The minimum atomic E-state index is -0.0533. The van der Waals surface area contributed by atoms with Crippen molar-refractivity contribution in [2.45, 2.75) is 38.3 Å². The lowest BCUT2D eigenvalue weighted by molar-refractivity contribution is 0.0945. The first-order valence-electron chi connectivity index (χ1n) is 9.68. The molecule has 27 heavy (non-hydrogen) atoms. The van der Waals surface area contributed by atoms with E-state index in [-0.39, 0.29) is 5.91 Å². The van der Waals surface area contributed by atoms with E-state index in [0.717, 1.165) is 30.9 Å².